The van der Waals surface area contributed by atoms with Crippen molar-refractivity contribution in [1.82, 2.24) is 24.7 Å². The van der Waals surface area contributed by atoms with Crippen LogP contribution >= 0.6 is 0 Å². The van der Waals surface area contributed by atoms with Gasteiger partial charge in [-0.05, 0) is 31.5 Å². The highest BCUT2D eigenvalue weighted by atomic mass is 16.5. The number of aromatic nitrogens is 5. The fourth-order valence-corrected chi connectivity index (χ4v) is 3.28. The maximum atomic E-state index is 12.7. The van der Waals surface area contributed by atoms with E-state index in [0.717, 1.165) is 18.7 Å². The highest BCUT2D eigenvalue weighted by Crippen LogP contribution is 2.30. The molecule has 1 N–H and O–H groups in total. The molecule has 3 aromatic heterocycles. The molecule has 28 heavy (non-hydrogen) atoms. The second kappa shape index (κ2) is 7.26. The van der Waals surface area contributed by atoms with E-state index in [1.54, 1.807) is 18.2 Å². The molecule has 0 fully saturated rings. The summed E-state index contributed by atoms with van der Waals surface area (Å²) in [6.45, 7) is 2.14. The van der Waals surface area contributed by atoms with E-state index in [4.69, 9.17) is 9.47 Å². The van der Waals surface area contributed by atoms with Gasteiger partial charge in [-0.15, -0.1) is 10.2 Å². The van der Waals surface area contributed by atoms with E-state index in [1.807, 2.05) is 12.1 Å². The van der Waals surface area contributed by atoms with Crippen LogP contribution in [0.25, 0.3) is 11.5 Å². The number of carbonyl (C=O) groups excluding carboxylic acids is 1. The number of anilines is 1. The van der Waals surface area contributed by atoms with Crippen molar-refractivity contribution in [3.8, 4) is 23.3 Å². The number of aryl methyl sites for hydroxylation is 1. The zero-order chi connectivity index (χ0) is 19.7. The third-order valence-corrected chi connectivity index (χ3v) is 4.69. The molecule has 4 heterocycles. The lowest BCUT2D eigenvalue weighted by Crippen LogP contribution is -2.15. The molecule has 9 nitrogen and oxygen atoms in total. The Bertz CT molecular complexity index is 1030. The fraction of sp³-hybridized carbons (Fsp3) is 0.316. The Labute approximate surface area is 161 Å². The number of pyridine rings is 2. The number of fused-ring (bicyclic) bond motifs is 1. The Morgan fingerprint density at radius 1 is 1.14 bits per heavy atom. The van der Waals surface area contributed by atoms with E-state index in [0.29, 0.717) is 29.3 Å². The number of nitrogens with one attached hydrogen (secondary N) is 1. The summed E-state index contributed by atoms with van der Waals surface area (Å²) >= 11 is 0. The van der Waals surface area contributed by atoms with Gasteiger partial charge in [0.1, 0.15) is 22.9 Å². The number of ether oxygens (including phenoxy) is 2. The van der Waals surface area contributed by atoms with Crippen molar-refractivity contribution in [2.24, 2.45) is 0 Å². The van der Waals surface area contributed by atoms with Gasteiger partial charge in [-0.3, -0.25) is 4.79 Å². The van der Waals surface area contributed by atoms with E-state index in [1.165, 1.54) is 14.2 Å². The summed E-state index contributed by atoms with van der Waals surface area (Å²) in [4.78, 5) is 21.4. The first kappa shape index (κ1) is 17.9. The number of hydrogen-bond donors (Lipinski definition) is 1. The number of nitrogens with zero attached hydrogens (tertiary/aromatic N) is 5. The third-order valence-electron chi connectivity index (χ3n) is 4.69. The molecule has 0 unspecified atom stereocenters. The average Bonchev–Trinajstić information content (AvgIpc) is 3.30. The average molecular weight is 380 g/mol. The van der Waals surface area contributed by atoms with E-state index < -0.39 is 0 Å². The number of carbonyl (C=O) groups is 1. The zero-order valence-corrected chi connectivity index (χ0v) is 15.8. The highest BCUT2D eigenvalue weighted by molar-refractivity contribution is 6.05. The molecule has 144 valence electrons. The minimum Gasteiger partial charge on any atom is -0.481 e. The van der Waals surface area contributed by atoms with E-state index in [2.05, 4.69) is 37.0 Å². The van der Waals surface area contributed by atoms with E-state index in [-0.39, 0.29) is 17.4 Å². The van der Waals surface area contributed by atoms with E-state index in [9.17, 15) is 4.79 Å². The van der Waals surface area contributed by atoms with Crippen LogP contribution in [-0.2, 0) is 6.42 Å². The van der Waals surface area contributed by atoms with Gasteiger partial charge < -0.3 is 19.4 Å². The number of methoxy groups -OCH3 is 2. The van der Waals surface area contributed by atoms with Crippen molar-refractivity contribution < 1.29 is 14.3 Å². The minimum absolute atomic E-state index is 0.178. The molecular formula is C19H20N6O3. The van der Waals surface area contributed by atoms with Crippen LogP contribution in [0.5, 0.6) is 11.8 Å². The summed E-state index contributed by atoms with van der Waals surface area (Å²) in [5, 5.41) is 11.3. The monoisotopic (exact) mass is 380 g/mol. The van der Waals surface area contributed by atoms with Crippen molar-refractivity contribution in [2.75, 3.05) is 19.5 Å². The Balaban J connectivity index is 1.60. The summed E-state index contributed by atoms with van der Waals surface area (Å²) in [6.07, 6.45) is 1.95. The van der Waals surface area contributed by atoms with E-state index >= 15 is 0 Å². The van der Waals surface area contributed by atoms with Crippen LogP contribution in [0.4, 0.5) is 5.82 Å². The first-order valence-corrected chi connectivity index (χ1v) is 8.92. The van der Waals surface area contributed by atoms with Gasteiger partial charge in [-0.2, -0.15) is 4.98 Å². The van der Waals surface area contributed by atoms with Crippen molar-refractivity contribution in [1.29, 1.82) is 0 Å². The molecular weight excluding hydrogens is 360 g/mol. The largest absolute Gasteiger partial charge is 0.481 e. The first-order valence-electron chi connectivity index (χ1n) is 8.92. The van der Waals surface area contributed by atoms with Crippen molar-refractivity contribution >= 4 is 11.7 Å². The molecule has 0 aliphatic carbocycles. The normalized spacial score (nSPS) is 15.2. The highest BCUT2D eigenvalue weighted by Gasteiger charge is 2.25. The summed E-state index contributed by atoms with van der Waals surface area (Å²) < 4.78 is 12.4. The molecule has 0 bridgehead atoms. The maximum absolute atomic E-state index is 12.7. The van der Waals surface area contributed by atoms with Gasteiger partial charge in [0.05, 0.1) is 14.2 Å². The van der Waals surface area contributed by atoms with Gasteiger partial charge in [0.2, 0.25) is 11.8 Å². The predicted molar refractivity (Wildman–Crippen MR) is 102 cm³/mol. The molecule has 0 saturated carbocycles. The quantitative estimate of drug-likeness (QED) is 0.725. The summed E-state index contributed by atoms with van der Waals surface area (Å²) in [7, 11) is 2.95. The number of rotatable bonds is 5. The molecule has 0 aromatic carbocycles. The Kier molecular flexibility index (Phi) is 4.64. The topological polar surface area (TPSA) is 104 Å². The second-order valence-electron chi connectivity index (χ2n) is 6.47. The van der Waals surface area contributed by atoms with Crippen LogP contribution < -0.4 is 14.8 Å². The Morgan fingerprint density at radius 3 is 2.79 bits per heavy atom. The lowest BCUT2D eigenvalue weighted by Gasteiger charge is -2.11. The third kappa shape index (κ3) is 3.15. The first-order chi connectivity index (χ1) is 13.6. The molecule has 4 rings (SSSR count). The molecule has 0 radical (unpaired) electrons. The second-order valence-corrected chi connectivity index (χ2v) is 6.47. The SMILES string of the molecule is COc1ccc(C(=O)Nc2cccc(-c3nnc4n3[C@@H](C)CC4)n2)c(OC)n1. The Hall–Kier alpha value is -3.49. The lowest BCUT2D eigenvalue weighted by molar-refractivity contribution is 0.102. The zero-order valence-electron chi connectivity index (χ0n) is 15.8. The summed E-state index contributed by atoms with van der Waals surface area (Å²) in [5.74, 6) is 2.24. The van der Waals surface area contributed by atoms with Crippen LogP contribution in [0, 0.1) is 0 Å². The fourth-order valence-electron chi connectivity index (χ4n) is 3.28. The van der Waals surface area contributed by atoms with Crippen LogP contribution in [0.1, 0.15) is 35.6 Å². The van der Waals surface area contributed by atoms with Gasteiger partial charge in [0, 0.05) is 18.5 Å². The van der Waals surface area contributed by atoms with Crippen LogP contribution in [-0.4, -0.2) is 44.9 Å². The molecule has 1 amide bonds. The maximum Gasteiger partial charge on any atom is 0.262 e. The number of hydrogen-bond acceptors (Lipinski definition) is 7. The molecule has 1 aliphatic rings. The molecule has 0 spiro atoms. The molecule has 9 heteroatoms. The molecule has 1 atom stereocenters. The summed E-state index contributed by atoms with van der Waals surface area (Å²) in [6, 6.07) is 8.92. The van der Waals surface area contributed by atoms with Crippen LogP contribution in [0.3, 0.4) is 0 Å². The van der Waals surface area contributed by atoms with Gasteiger partial charge in [0.15, 0.2) is 5.82 Å². The van der Waals surface area contributed by atoms with Gasteiger partial charge in [0.25, 0.3) is 5.91 Å². The van der Waals surface area contributed by atoms with Crippen LogP contribution in [0.2, 0.25) is 0 Å². The lowest BCUT2D eigenvalue weighted by atomic mass is 10.2. The van der Waals surface area contributed by atoms with Gasteiger partial charge in [-0.25, -0.2) is 4.98 Å². The predicted octanol–water partition coefficient (Wildman–Crippen LogP) is 2.51. The van der Waals surface area contributed by atoms with Crippen molar-refractivity contribution in [3.05, 3.63) is 41.7 Å². The molecule has 3 aromatic rings. The smallest absolute Gasteiger partial charge is 0.262 e. The molecule has 0 saturated heterocycles. The van der Waals surface area contributed by atoms with Crippen molar-refractivity contribution in [3.63, 3.8) is 0 Å². The summed E-state index contributed by atoms with van der Waals surface area (Å²) in [5.41, 5.74) is 0.942. The van der Waals surface area contributed by atoms with Crippen LogP contribution in [0.15, 0.2) is 30.3 Å². The number of amides is 1. The standard InChI is InChI=1S/C19H20N6O3/c1-11-7-9-15-23-24-17(25(11)15)13-5-4-6-14(20-13)21-18(26)12-8-10-16(27-2)22-19(12)28-3/h4-6,8,10-11H,7,9H2,1-3H3,(H,20,21,26)/t11-/m0/s1. The van der Waals surface area contributed by atoms with Gasteiger partial charge in [-0.1, -0.05) is 6.07 Å². The van der Waals surface area contributed by atoms with Crippen molar-refractivity contribution in [2.45, 2.75) is 25.8 Å². The minimum atomic E-state index is -0.378. The van der Waals surface area contributed by atoms with Gasteiger partial charge >= 0.3 is 0 Å². The Morgan fingerprint density at radius 2 is 2.00 bits per heavy atom. The molecule has 1 aliphatic heterocycles.